The molecule has 0 bridgehead atoms. The standard InChI is InChI=1S/C27H26ClNO6/c1-3-33-23-13-18-14-25(30)29(21-7-5-6-8-22(21)35-16-26(31)32)27(17-9-11-19(28)12-10-17)20(18)15-24(23)34-4-2/h5-13,15,27H,3-4,14,16H2,1-2H3,(H,31,32). The average Bonchev–Trinajstić information content (AvgIpc) is 2.84. The molecule has 0 saturated carbocycles. The van der Waals surface area contributed by atoms with Crippen LogP contribution in [0.15, 0.2) is 60.7 Å². The van der Waals surface area contributed by atoms with E-state index < -0.39 is 18.6 Å². The first-order valence-corrected chi connectivity index (χ1v) is 11.7. The maximum atomic E-state index is 13.6. The second-order valence-corrected chi connectivity index (χ2v) is 8.34. The Balaban J connectivity index is 1.91. The molecular formula is C27H26ClNO6. The molecule has 1 atom stereocenters. The van der Waals surface area contributed by atoms with Gasteiger partial charge in [0.05, 0.1) is 31.4 Å². The summed E-state index contributed by atoms with van der Waals surface area (Å²) in [6, 6.07) is 17.5. The van der Waals surface area contributed by atoms with Crippen molar-refractivity contribution >= 4 is 29.2 Å². The van der Waals surface area contributed by atoms with Crippen molar-refractivity contribution in [2.75, 3.05) is 24.7 Å². The number of amides is 1. The van der Waals surface area contributed by atoms with E-state index in [-0.39, 0.29) is 12.3 Å². The third kappa shape index (κ3) is 5.20. The number of rotatable bonds is 9. The Morgan fingerprint density at radius 2 is 1.63 bits per heavy atom. The molecular weight excluding hydrogens is 470 g/mol. The van der Waals surface area contributed by atoms with Crippen LogP contribution in [0.25, 0.3) is 0 Å². The maximum absolute atomic E-state index is 13.6. The van der Waals surface area contributed by atoms with E-state index in [1.54, 1.807) is 41.3 Å². The molecule has 0 saturated heterocycles. The van der Waals surface area contributed by atoms with Crippen LogP contribution in [0.1, 0.15) is 36.6 Å². The maximum Gasteiger partial charge on any atom is 0.341 e. The van der Waals surface area contributed by atoms with Crippen LogP contribution in [-0.4, -0.2) is 36.8 Å². The first-order chi connectivity index (χ1) is 16.9. The van der Waals surface area contributed by atoms with Crippen LogP contribution >= 0.6 is 11.6 Å². The topological polar surface area (TPSA) is 85.3 Å². The van der Waals surface area contributed by atoms with E-state index in [9.17, 15) is 9.59 Å². The lowest BCUT2D eigenvalue weighted by Gasteiger charge is -2.38. The van der Waals surface area contributed by atoms with Gasteiger partial charge in [0.2, 0.25) is 5.91 Å². The van der Waals surface area contributed by atoms with Crippen molar-refractivity contribution in [3.05, 3.63) is 82.4 Å². The van der Waals surface area contributed by atoms with Crippen LogP contribution in [0.5, 0.6) is 17.2 Å². The molecule has 4 rings (SSSR count). The predicted octanol–water partition coefficient (Wildman–Crippen LogP) is 5.28. The number of nitrogens with zero attached hydrogens (tertiary/aromatic N) is 1. The van der Waals surface area contributed by atoms with E-state index in [1.807, 2.05) is 38.1 Å². The fraction of sp³-hybridized carbons (Fsp3) is 0.259. The molecule has 0 spiro atoms. The summed E-state index contributed by atoms with van der Waals surface area (Å²) in [7, 11) is 0. The molecule has 0 aromatic heterocycles. The van der Waals surface area contributed by atoms with Gasteiger partial charge < -0.3 is 19.3 Å². The highest BCUT2D eigenvalue weighted by Crippen LogP contribution is 2.45. The number of carbonyl (C=O) groups excluding carboxylic acids is 1. The monoisotopic (exact) mass is 495 g/mol. The lowest BCUT2D eigenvalue weighted by atomic mass is 9.86. The number of hydrogen-bond acceptors (Lipinski definition) is 5. The second kappa shape index (κ2) is 10.7. The molecule has 1 heterocycles. The number of carbonyl (C=O) groups is 2. The number of carboxylic acid groups (broad SMARTS) is 1. The molecule has 8 heteroatoms. The van der Waals surface area contributed by atoms with Crippen molar-refractivity contribution in [1.29, 1.82) is 0 Å². The Hall–Kier alpha value is -3.71. The Labute approximate surface area is 208 Å². The normalized spacial score (nSPS) is 14.9. The van der Waals surface area contributed by atoms with Gasteiger partial charge in [-0.1, -0.05) is 35.9 Å². The summed E-state index contributed by atoms with van der Waals surface area (Å²) in [4.78, 5) is 26.4. The number of halogens is 1. The minimum Gasteiger partial charge on any atom is -0.490 e. The zero-order chi connectivity index (χ0) is 24.9. The van der Waals surface area contributed by atoms with Crippen LogP contribution in [0, 0.1) is 0 Å². The molecule has 0 radical (unpaired) electrons. The van der Waals surface area contributed by atoms with Gasteiger partial charge in [-0.3, -0.25) is 9.69 Å². The smallest absolute Gasteiger partial charge is 0.341 e. The minimum atomic E-state index is -1.10. The number of aliphatic carboxylic acids is 1. The number of fused-ring (bicyclic) bond motifs is 1. The molecule has 1 aliphatic heterocycles. The van der Waals surface area contributed by atoms with Crippen molar-refractivity contribution in [3.63, 3.8) is 0 Å². The van der Waals surface area contributed by atoms with E-state index in [2.05, 4.69) is 0 Å². The Morgan fingerprint density at radius 1 is 0.971 bits per heavy atom. The van der Waals surface area contributed by atoms with Crippen LogP contribution in [0.2, 0.25) is 5.02 Å². The predicted molar refractivity (Wildman–Crippen MR) is 133 cm³/mol. The van der Waals surface area contributed by atoms with Crippen LogP contribution < -0.4 is 19.1 Å². The van der Waals surface area contributed by atoms with Gasteiger partial charge in [-0.15, -0.1) is 0 Å². The second-order valence-electron chi connectivity index (χ2n) is 7.91. The van der Waals surface area contributed by atoms with Crippen molar-refractivity contribution < 1.29 is 28.9 Å². The van der Waals surface area contributed by atoms with Gasteiger partial charge in [0.15, 0.2) is 18.1 Å². The highest BCUT2D eigenvalue weighted by Gasteiger charge is 2.37. The fourth-order valence-electron chi connectivity index (χ4n) is 4.26. The summed E-state index contributed by atoms with van der Waals surface area (Å²) < 4.78 is 17.2. The van der Waals surface area contributed by atoms with Crippen LogP contribution in [0.4, 0.5) is 5.69 Å². The van der Waals surface area contributed by atoms with Gasteiger partial charge >= 0.3 is 5.97 Å². The molecule has 3 aromatic carbocycles. The lowest BCUT2D eigenvalue weighted by molar-refractivity contribution is -0.139. The number of para-hydroxylation sites is 2. The summed E-state index contributed by atoms with van der Waals surface area (Å²) >= 11 is 6.16. The van der Waals surface area contributed by atoms with Gasteiger partial charge in [0.1, 0.15) is 5.75 Å². The molecule has 1 amide bonds. The van der Waals surface area contributed by atoms with Gasteiger partial charge in [-0.05, 0) is 66.9 Å². The molecule has 35 heavy (non-hydrogen) atoms. The van der Waals surface area contributed by atoms with Gasteiger partial charge in [-0.2, -0.15) is 0 Å². The first kappa shape index (κ1) is 24.4. The number of hydrogen-bond donors (Lipinski definition) is 1. The molecule has 3 aromatic rings. The van der Waals surface area contributed by atoms with Crippen molar-refractivity contribution in [2.45, 2.75) is 26.3 Å². The molecule has 1 N–H and O–H groups in total. The van der Waals surface area contributed by atoms with E-state index in [0.29, 0.717) is 41.2 Å². The summed E-state index contributed by atoms with van der Waals surface area (Å²) in [5, 5.41) is 9.70. The average molecular weight is 496 g/mol. The molecule has 0 aliphatic carbocycles. The highest BCUT2D eigenvalue weighted by molar-refractivity contribution is 6.30. The molecule has 0 fully saturated rings. The Kier molecular flexibility index (Phi) is 7.46. The third-order valence-corrected chi connectivity index (χ3v) is 5.88. The lowest BCUT2D eigenvalue weighted by Crippen LogP contribution is -2.41. The van der Waals surface area contributed by atoms with E-state index in [1.165, 1.54) is 0 Å². The van der Waals surface area contributed by atoms with Gasteiger partial charge in [-0.25, -0.2) is 4.79 Å². The fourth-order valence-corrected chi connectivity index (χ4v) is 4.38. The molecule has 1 unspecified atom stereocenters. The number of ether oxygens (including phenoxy) is 3. The van der Waals surface area contributed by atoms with E-state index >= 15 is 0 Å². The van der Waals surface area contributed by atoms with Crippen LogP contribution in [0.3, 0.4) is 0 Å². The Bertz CT molecular complexity index is 1230. The van der Waals surface area contributed by atoms with Gasteiger partial charge in [0, 0.05) is 5.02 Å². The zero-order valence-corrected chi connectivity index (χ0v) is 20.2. The molecule has 7 nitrogen and oxygen atoms in total. The third-order valence-electron chi connectivity index (χ3n) is 5.63. The summed E-state index contributed by atoms with van der Waals surface area (Å²) in [5.41, 5.74) is 3.04. The highest BCUT2D eigenvalue weighted by atomic mass is 35.5. The summed E-state index contributed by atoms with van der Waals surface area (Å²) in [6.07, 6.45) is 0.138. The zero-order valence-electron chi connectivity index (χ0n) is 19.5. The Morgan fingerprint density at radius 3 is 2.29 bits per heavy atom. The van der Waals surface area contributed by atoms with Crippen molar-refractivity contribution in [1.82, 2.24) is 0 Å². The number of carboxylic acids is 1. The van der Waals surface area contributed by atoms with E-state index in [0.717, 1.165) is 16.7 Å². The summed E-state index contributed by atoms with van der Waals surface area (Å²) in [6.45, 7) is 4.20. The minimum absolute atomic E-state index is 0.138. The largest absolute Gasteiger partial charge is 0.490 e. The number of benzene rings is 3. The summed E-state index contributed by atoms with van der Waals surface area (Å²) in [5.74, 6) is 0.234. The van der Waals surface area contributed by atoms with Crippen LogP contribution in [-0.2, 0) is 16.0 Å². The number of anilines is 1. The molecule has 182 valence electrons. The quantitative estimate of drug-likeness (QED) is 0.434. The SMILES string of the molecule is CCOc1cc2c(cc1OCC)C(c1ccc(Cl)cc1)N(c1ccccc1OCC(=O)O)C(=O)C2. The molecule has 1 aliphatic rings. The first-order valence-electron chi connectivity index (χ1n) is 11.4. The van der Waals surface area contributed by atoms with Crippen molar-refractivity contribution in [3.8, 4) is 17.2 Å². The van der Waals surface area contributed by atoms with E-state index in [4.69, 9.17) is 30.9 Å². The van der Waals surface area contributed by atoms with Crippen molar-refractivity contribution in [2.24, 2.45) is 0 Å². The van der Waals surface area contributed by atoms with Gasteiger partial charge in [0.25, 0.3) is 0 Å².